The van der Waals surface area contributed by atoms with Crippen LogP contribution in [0.2, 0.25) is 0 Å². The van der Waals surface area contributed by atoms with Crippen molar-refractivity contribution in [2.75, 3.05) is 0 Å². The van der Waals surface area contributed by atoms with E-state index in [9.17, 15) is 4.79 Å². The number of esters is 1. The molecule has 106 valence electrons. The van der Waals surface area contributed by atoms with E-state index in [1.807, 2.05) is 18.2 Å². The molecule has 0 saturated heterocycles. The van der Waals surface area contributed by atoms with Gasteiger partial charge in [0.05, 0.1) is 0 Å². The molecule has 1 aromatic carbocycles. The second kappa shape index (κ2) is 6.08. The van der Waals surface area contributed by atoms with Gasteiger partial charge in [-0.1, -0.05) is 36.9 Å². The summed E-state index contributed by atoms with van der Waals surface area (Å²) in [7, 11) is 0. The first-order chi connectivity index (χ1) is 9.59. The van der Waals surface area contributed by atoms with E-state index in [0.717, 1.165) is 31.2 Å². The highest BCUT2D eigenvalue weighted by molar-refractivity contribution is 5.87. The number of carbonyl (C=O) groups excluding carboxylic acids is 1. The first kappa shape index (κ1) is 14.6. The van der Waals surface area contributed by atoms with Gasteiger partial charge in [-0.2, -0.15) is 0 Å². The van der Waals surface area contributed by atoms with Gasteiger partial charge in [-0.3, -0.25) is 0 Å². The third-order valence-electron chi connectivity index (χ3n) is 3.90. The molecule has 20 heavy (non-hydrogen) atoms. The lowest BCUT2D eigenvalue weighted by atomic mass is 9.84. The fraction of sp³-hybridized carbons (Fsp3) is 0.389. The van der Waals surface area contributed by atoms with Crippen molar-refractivity contribution < 1.29 is 9.53 Å². The quantitative estimate of drug-likeness (QED) is 0.353. The summed E-state index contributed by atoms with van der Waals surface area (Å²) in [6.45, 7) is 9.22. The molecular formula is C18H22O2. The molecule has 0 spiro atoms. The van der Waals surface area contributed by atoms with Crippen molar-refractivity contribution >= 4 is 5.97 Å². The molecule has 0 bridgehead atoms. The van der Waals surface area contributed by atoms with Crippen molar-refractivity contribution in [1.82, 2.24) is 0 Å². The number of rotatable bonds is 4. The SMILES string of the molecule is C=CCC1(OC(=O)C(=C)C)CCCCc2ccccc21. The molecule has 0 N–H and O–H groups in total. The summed E-state index contributed by atoms with van der Waals surface area (Å²) in [6, 6.07) is 8.27. The smallest absolute Gasteiger partial charge is 0.334 e. The van der Waals surface area contributed by atoms with Crippen LogP contribution in [0.4, 0.5) is 0 Å². The molecule has 2 nitrogen and oxygen atoms in total. The summed E-state index contributed by atoms with van der Waals surface area (Å²) in [5.41, 5.74) is 2.27. The van der Waals surface area contributed by atoms with Crippen molar-refractivity contribution in [1.29, 1.82) is 0 Å². The number of aryl methyl sites for hydroxylation is 1. The Balaban J connectivity index is 2.47. The lowest BCUT2D eigenvalue weighted by molar-refractivity contribution is -0.156. The molecule has 0 heterocycles. The highest BCUT2D eigenvalue weighted by Gasteiger charge is 2.37. The van der Waals surface area contributed by atoms with Crippen LogP contribution in [-0.4, -0.2) is 5.97 Å². The third kappa shape index (κ3) is 2.84. The van der Waals surface area contributed by atoms with Crippen LogP contribution in [0.25, 0.3) is 0 Å². The Morgan fingerprint density at radius 3 is 2.85 bits per heavy atom. The summed E-state index contributed by atoms with van der Waals surface area (Å²) in [5.74, 6) is -0.316. The minimum atomic E-state index is -0.578. The maximum absolute atomic E-state index is 12.1. The summed E-state index contributed by atoms with van der Waals surface area (Å²) in [5, 5.41) is 0. The lowest BCUT2D eigenvalue weighted by Gasteiger charge is -2.33. The standard InChI is InChI=1S/C18H22O2/c1-4-12-18(20-17(19)14(2)3)13-8-7-10-15-9-5-6-11-16(15)18/h4-6,9,11H,1-2,7-8,10,12-13H2,3H3. The second-order valence-corrected chi connectivity index (χ2v) is 5.52. The summed E-state index contributed by atoms with van der Waals surface area (Å²) >= 11 is 0. The second-order valence-electron chi connectivity index (χ2n) is 5.52. The Kier molecular flexibility index (Phi) is 4.43. The monoisotopic (exact) mass is 270 g/mol. The van der Waals surface area contributed by atoms with E-state index >= 15 is 0 Å². The minimum absolute atomic E-state index is 0.316. The largest absolute Gasteiger partial charge is 0.450 e. The van der Waals surface area contributed by atoms with Gasteiger partial charge in [-0.05, 0) is 43.7 Å². The van der Waals surface area contributed by atoms with Crippen LogP contribution in [0.15, 0.2) is 49.1 Å². The summed E-state index contributed by atoms with van der Waals surface area (Å²) in [4.78, 5) is 12.1. The molecule has 2 rings (SSSR count). The Morgan fingerprint density at radius 2 is 2.15 bits per heavy atom. The zero-order valence-corrected chi connectivity index (χ0v) is 12.2. The first-order valence-corrected chi connectivity index (χ1v) is 7.17. The van der Waals surface area contributed by atoms with Gasteiger partial charge in [0, 0.05) is 12.0 Å². The topological polar surface area (TPSA) is 26.3 Å². The Labute approximate surface area is 121 Å². The average Bonchev–Trinajstić information content (AvgIpc) is 2.60. The van der Waals surface area contributed by atoms with Crippen molar-refractivity contribution in [3.8, 4) is 0 Å². The van der Waals surface area contributed by atoms with Crippen LogP contribution >= 0.6 is 0 Å². The fourth-order valence-electron chi connectivity index (χ4n) is 2.90. The van der Waals surface area contributed by atoms with Crippen LogP contribution < -0.4 is 0 Å². The van der Waals surface area contributed by atoms with Crippen molar-refractivity contribution in [3.05, 3.63) is 60.2 Å². The molecule has 0 saturated carbocycles. The Bertz CT molecular complexity index is 530. The first-order valence-electron chi connectivity index (χ1n) is 7.17. The van der Waals surface area contributed by atoms with E-state index in [4.69, 9.17) is 4.74 Å². The molecule has 0 amide bonds. The zero-order chi connectivity index (χ0) is 14.6. The number of fused-ring (bicyclic) bond motifs is 1. The van der Waals surface area contributed by atoms with Gasteiger partial charge < -0.3 is 4.74 Å². The van der Waals surface area contributed by atoms with Crippen LogP contribution in [0.1, 0.15) is 43.7 Å². The molecule has 1 aliphatic rings. The predicted octanol–water partition coefficient (Wildman–Crippen LogP) is 4.30. The minimum Gasteiger partial charge on any atom is -0.450 e. The number of ether oxygens (including phenoxy) is 1. The van der Waals surface area contributed by atoms with Gasteiger partial charge in [0.1, 0.15) is 5.60 Å². The Morgan fingerprint density at radius 1 is 1.40 bits per heavy atom. The maximum atomic E-state index is 12.1. The molecule has 1 aromatic rings. The average molecular weight is 270 g/mol. The predicted molar refractivity (Wildman–Crippen MR) is 81.4 cm³/mol. The highest BCUT2D eigenvalue weighted by atomic mass is 16.6. The van der Waals surface area contributed by atoms with E-state index in [2.05, 4.69) is 25.3 Å². The van der Waals surface area contributed by atoms with Gasteiger partial charge in [0.15, 0.2) is 0 Å². The van der Waals surface area contributed by atoms with Crippen LogP contribution in [-0.2, 0) is 21.6 Å². The maximum Gasteiger partial charge on any atom is 0.334 e. The van der Waals surface area contributed by atoms with Crippen LogP contribution in [0, 0.1) is 0 Å². The van der Waals surface area contributed by atoms with E-state index in [0.29, 0.717) is 12.0 Å². The molecule has 0 radical (unpaired) electrons. The molecule has 1 atom stereocenters. The van der Waals surface area contributed by atoms with Crippen molar-refractivity contribution in [2.45, 2.75) is 44.6 Å². The van der Waals surface area contributed by atoms with E-state index < -0.39 is 5.60 Å². The lowest BCUT2D eigenvalue weighted by Crippen LogP contribution is -2.32. The van der Waals surface area contributed by atoms with E-state index in [1.165, 1.54) is 5.56 Å². The van der Waals surface area contributed by atoms with Crippen molar-refractivity contribution in [2.24, 2.45) is 0 Å². The normalized spacial score (nSPS) is 21.4. The zero-order valence-electron chi connectivity index (χ0n) is 12.2. The molecule has 1 aliphatic carbocycles. The van der Waals surface area contributed by atoms with Gasteiger partial charge in [0.25, 0.3) is 0 Å². The summed E-state index contributed by atoms with van der Waals surface area (Å²) in [6.07, 6.45) is 6.54. The molecule has 0 fully saturated rings. The van der Waals surface area contributed by atoms with Gasteiger partial charge in [-0.15, -0.1) is 6.58 Å². The fourth-order valence-corrected chi connectivity index (χ4v) is 2.90. The molecular weight excluding hydrogens is 248 g/mol. The molecule has 0 aliphatic heterocycles. The summed E-state index contributed by atoms with van der Waals surface area (Å²) < 4.78 is 5.88. The number of benzene rings is 1. The highest BCUT2D eigenvalue weighted by Crippen LogP contribution is 2.40. The third-order valence-corrected chi connectivity index (χ3v) is 3.90. The van der Waals surface area contributed by atoms with Crippen LogP contribution in [0.3, 0.4) is 0 Å². The molecule has 1 unspecified atom stereocenters. The molecule has 0 aromatic heterocycles. The van der Waals surface area contributed by atoms with E-state index in [1.54, 1.807) is 6.92 Å². The number of hydrogen-bond acceptors (Lipinski definition) is 2. The van der Waals surface area contributed by atoms with Crippen molar-refractivity contribution in [3.63, 3.8) is 0 Å². The van der Waals surface area contributed by atoms with Crippen LogP contribution in [0.5, 0.6) is 0 Å². The van der Waals surface area contributed by atoms with Gasteiger partial charge >= 0.3 is 5.97 Å². The number of carbonyl (C=O) groups is 1. The van der Waals surface area contributed by atoms with Gasteiger partial charge in [-0.25, -0.2) is 4.79 Å². The number of hydrogen-bond donors (Lipinski definition) is 0. The Hall–Kier alpha value is -1.83. The van der Waals surface area contributed by atoms with E-state index in [-0.39, 0.29) is 5.97 Å². The van der Waals surface area contributed by atoms with Gasteiger partial charge in [0.2, 0.25) is 0 Å². The molecule has 2 heteroatoms.